The number of rotatable bonds is 0. The largest absolute Gasteiger partial charge is 0.325 e. The Balaban J connectivity index is 2.45. The van der Waals surface area contributed by atoms with Crippen molar-refractivity contribution in [3.05, 3.63) is 12.3 Å². The average molecular weight is 111 g/mol. The fourth-order valence-corrected chi connectivity index (χ4v) is 0.485. The van der Waals surface area contributed by atoms with E-state index in [4.69, 9.17) is 0 Å². The Morgan fingerprint density at radius 1 is 1.75 bits per heavy atom. The molecule has 1 rings (SSSR count). The van der Waals surface area contributed by atoms with Crippen LogP contribution in [0.1, 0.15) is 0 Å². The number of hydrogen-bond acceptors (Lipinski definition) is 3. The Bertz CT molecular complexity index is 103. The molecular formula is C5H9N3. The van der Waals surface area contributed by atoms with E-state index < -0.39 is 0 Å². The van der Waals surface area contributed by atoms with Crippen molar-refractivity contribution < 1.29 is 0 Å². The normalized spacial score (nSPS) is 20.1. The summed E-state index contributed by atoms with van der Waals surface area (Å²) in [5.74, 6) is 0. The van der Waals surface area contributed by atoms with E-state index in [9.17, 15) is 0 Å². The summed E-state index contributed by atoms with van der Waals surface area (Å²) >= 11 is 0. The maximum Gasteiger partial charge on any atom is 0.108 e. The number of hydrazine groups is 1. The van der Waals surface area contributed by atoms with Crippen LogP contribution in [0.4, 0.5) is 0 Å². The molecule has 3 heteroatoms. The van der Waals surface area contributed by atoms with Crippen LogP contribution in [0.2, 0.25) is 0 Å². The van der Waals surface area contributed by atoms with E-state index >= 15 is 0 Å². The lowest BCUT2D eigenvalue weighted by atomic mass is 10.7. The van der Waals surface area contributed by atoms with Gasteiger partial charge in [-0.25, -0.2) is 5.01 Å². The molecule has 0 aromatic rings. The van der Waals surface area contributed by atoms with Gasteiger partial charge in [-0.05, 0) is 6.08 Å². The second-order valence-corrected chi connectivity index (χ2v) is 1.66. The van der Waals surface area contributed by atoms with Gasteiger partial charge in [-0.2, -0.15) is 0 Å². The number of nitrogens with one attached hydrogen (secondary N) is 1. The maximum atomic E-state index is 4.00. The molecule has 0 atom stereocenters. The molecule has 0 aromatic heterocycles. The van der Waals surface area contributed by atoms with Gasteiger partial charge in [-0.3, -0.25) is 4.99 Å². The molecule has 0 radical (unpaired) electrons. The highest BCUT2D eigenvalue weighted by Crippen LogP contribution is 1.80. The van der Waals surface area contributed by atoms with Crippen LogP contribution in [0, 0.1) is 0 Å². The van der Waals surface area contributed by atoms with Crippen molar-refractivity contribution in [2.24, 2.45) is 4.99 Å². The van der Waals surface area contributed by atoms with Crippen LogP contribution in [0.15, 0.2) is 17.3 Å². The zero-order valence-corrected chi connectivity index (χ0v) is 4.83. The van der Waals surface area contributed by atoms with Crippen LogP contribution in [0.25, 0.3) is 0 Å². The van der Waals surface area contributed by atoms with E-state index in [-0.39, 0.29) is 0 Å². The van der Waals surface area contributed by atoms with E-state index in [0.717, 1.165) is 0 Å². The molecule has 3 nitrogen and oxygen atoms in total. The van der Waals surface area contributed by atoms with Crippen LogP contribution in [-0.2, 0) is 0 Å². The molecule has 0 saturated heterocycles. The summed E-state index contributed by atoms with van der Waals surface area (Å²) in [7, 11) is 1.94. The Hall–Kier alpha value is -0.830. The first kappa shape index (κ1) is 5.31. The molecular weight excluding hydrogens is 102 g/mol. The second kappa shape index (κ2) is 2.47. The Kier molecular flexibility index (Phi) is 1.64. The third-order valence-electron chi connectivity index (χ3n) is 0.876. The topological polar surface area (TPSA) is 27.6 Å². The summed E-state index contributed by atoms with van der Waals surface area (Å²) in [6.45, 7) is 0.715. The monoisotopic (exact) mass is 111 g/mol. The van der Waals surface area contributed by atoms with E-state index in [1.54, 1.807) is 6.21 Å². The van der Waals surface area contributed by atoms with E-state index in [2.05, 4.69) is 10.4 Å². The molecule has 1 heterocycles. The molecule has 0 fully saturated rings. The fraction of sp³-hybridized carbons (Fsp3) is 0.400. The van der Waals surface area contributed by atoms with Gasteiger partial charge < -0.3 is 5.43 Å². The molecule has 0 aromatic carbocycles. The van der Waals surface area contributed by atoms with Crippen molar-refractivity contribution in [2.45, 2.75) is 0 Å². The van der Waals surface area contributed by atoms with Gasteiger partial charge in [-0.1, -0.05) is 0 Å². The minimum absolute atomic E-state index is 0.715. The molecule has 0 saturated carbocycles. The van der Waals surface area contributed by atoms with Crippen molar-refractivity contribution in [3.63, 3.8) is 0 Å². The van der Waals surface area contributed by atoms with Crippen LogP contribution in [-0.4, -0.2) is 24.9 Å². The van der Waals surface area contributed by atoms with Gasteiger partial charge in [0, 0.05) is 19.5 Å². The molecule has 44 valence electrons. The van der Waals surface area contributed by atoms with Gasteiger partial charge in [0.15, 0.2) is 0 Å². The number of nitrogens with zero attached hydrogens (tertiary/aromatic N) is 2. The highest BCUT2D eigenvalue weighted by Gasteiger charge is 1.89. The summed E-state index contributed by atoms with van der Waals surface area (Å²) in [4.78, 5) is 4.00. The summed E-state index contributed by atoms with van der Waals surface area (Å²) in [6.07, 6.45) is 5.48. The third-order valence-corrected chi connectivity index (χ3v) is 0.876. The zero-order chi connectivity index (χ0) is 5.82. The highest BCUT2D eigenvalue weighted by atomic mass is 15.5. The minimum Gasteiger partial charge on any atom is -0.325 e. The van der Waals surface area contributed by atoms with Crippen molar-refractivity contribution in [1.82, 2.24) is 10.4 Å². The van der Waals surface area contributed by atoms with Crippen LogP contribution in [0.3, 0.4) is 0 Å². The molecule has 1 aliphatic rings. The lowest BCUT2D eigenvalue weighted by Gasteiger charge is -2.10. The SMILES string of the molecule is CN1CN=CC=CN1. The number of allylic oxidation sites excluding steroid dienone is 1. The van der Waals surface area contributed by atoms with Crippen LogP contribution >= 0.6 is 0 Å². The van der Waals surface area contributed by atoms with Crippen molar-refractivity contribution >= 4 is 6.21 Å². The highest BCUT2D eigenvalue weighted by molar-refractivity contribution is 5.70. The smallest absolute Gasteiger partial charge is 0.108 e. The average Bonchev–Trinajstić information content (AvgIpc) is 1.94. The first-order chi connectivity index (χ1) is 3.89. The van der Waals surface area contributed by atoms with E-state index in [1.165, 1.54) is 0 Å². The van der Waals surface area contributed by atoms with Gasteiger partial charge >= 0.3 is 0 Å². The molecule has 0 aliphatic carbocycles. The zero-order valence-electron chi connectivity index (χ0n) is 4.83. The molecule has 0 unspecified atom stereocenters. The van der Waals surface area contributed by atoms with E-state index in [1.807, 2.05) is 24.3 Å². The first-order valence-corrected chi connectivity index (χ1v) is 2.52. The molecule has 1 N–H and O–H groups in total. The predicted molar refractivity (Wildman–Crippen MR) is 33.4 cm³/mol. The van der Waals surface area contributed by atoms with Crippen LogP contribution in [0.5, 0.6) is 0 Å². The first-order valence-electron chi connectivity index (χ1n) is 2.52. The Morgan fingerprint density at radius 2 is 2.62 bits per heavy atom. The Morgan fingerprint density at radius 3 is 3.50 bits per heavy atom. The van der Waals surface area contributed by atoms with Crippen molar-refractivity contribution in [1.29, 1.82) is 0 Å². The summed E-state index contributed by atoms with van der Waals surface area (Å²) in [6, 6.07) is 0. The molecule has 8 heavy (non-hydrogen) atoms. The van der Waals surface area contributed by atoms with Gasteiger partial charge in [0.2, 0.25) is 0 Å². The molecule has 0 bridgehead atoms. The molecule has 0 spiro atoms. The molecule has 1 aliphatic heterocycles. The van der Waals surface area contributed by atoms with E-state index in [0.29, 0.717) is 6.67 Å². The Labute approximate surface area is 48.7 Å². The lowest BCUT2D eigenvalue weighted by Crippen LogP contribution is -2.28. The van der Waals surface area contributed by atoms with Gasteiger partial charge in [0.1, 0.15) is 6.67 Å². The summed E-state index contributed by atoms with van der Waals surface area (Å²) in [5.41, 5.74) is 2.97. The summed E-state index contributed by atoms with van der Waals surface area (Å²) < 4.78 is 0. The lowest BCUT2D eigenvalue weighted by molar-refractivity contribution is 0.289. The predicted octanol–water partition coefficient (Wildman–Crippen LogP) is -0.0216. The summed E-state index contributed by atoms with van der Waals surface area (Å²) in [5, 5.41) is 1.89. The standard InChI is InChI=1S/C5H9N3/c1-8-5-6-3-2-4-7-8/h2-4,7H,5H2,1H3. The van der Waals surface area contributed by atoms with Gasteiger partial charge in [0.25, 0.3) is 0 Å². The quantitative estimate of drug-likeness (QED) is 0.475. The fourth-order valence-electron chi connectivity index (χ4n) is 0.485. The maximum absolute atomic E-state index is 4.00. The van der Waals surface area contributed by atoms with Gasteiger partial charge in [-0.15, -0.1) is 0 Å². The number of hydrogen-bond donors (Lipinski definition) is 1. The van der Waals surface area contributed by atoms with Crippen LogP contribution < -0.4 is 5.43 Å². The second-order valence-electron chi connectivity index (χ2n) is 1.66. The van der Waals surface area contributed by atoms with Gasteiger partial charge in [0.05, 0.1) is 0 Å². The molecule has 0 amide bonds. The van der Waals surface area contributed by atoms with Crippen molar-refractivity contribution in [3.8, 4) is 0 Å². The van der Waals surface area contributed by atoms with Crippen molar-refractivity contribution in [2.75, 3.05) is 13.7 Å². The minimum atomic E-state index is 0.715. The third kappa shape index (κ3) is 1.35. The number of aliphatic imine (C=N–C) groups is 1.